The number of carbonyl (C=O) groups excluding carboxylic acids is 1. The maximum absolute atomic E-state index is 11.7. The molecule has 7 heteroatoms. The Bertz CT molecular complexity index is 417. The number of ether oxygens (including phenoxy) is 2. The molecule has 1 aliphatic heterocycles. The molecular formula is C15H28N4O3. The summed E-state index contributed by atoms with van der Waals surface area (Å²) in [6.45, 7) is 5.58. The van der Waals surface area contributed by atoms with E-state index in [1.807, 2.05) is 13.8 Å². The molecule has 2 N–H and O–H groups in total. The van der Waals surface area contributed by atoms with E-state index in [2.05, 4.69) is 15.6 Å². The molecule has 1 amide bonds. The summed E-state index contributed by atoms with van der Waals surface area (Å²) in [4.78, 5) is 17.6. The monoisotopic (exact) mass is 312 g/mol. The Labute approximate surface area is 132 Å². The van der Waals surface area contributed by atoms with Crippen molar-refractivity contribution in [2.24, 2.45) is 4.99 Å². The van der Waals surface area contributed by atoms with E-state index >= 15 is 0 Å². The summed E-state index contributed by atoms with van der Waals surface area (Å²) in [7, 11) is 3.46. The van der Waals surface area contributed by atoms with E-state index in [1.165, 1.54) is 0 Å². The van der Waals surface area contributed by atoms with Crippen molar-refractivity contribution >= 4 is 11.9 Å². The third kappa shape index (κ3) is 4.58. The fourth-order valence-corrected chi connectivity index (χ4v) is 2.74. The second kappa shape index (κ2) is 7.28. The van der Waals surface area contributed by atoms with Gasteiger partial charge in [0.1, 0.15) is 6.54 Å². The van der Waals surface area contributed by atoms with Gasteiger partial charge in [-0.25, -0.2) is 4.99 Å². The van der Waals surface area contributed by atoms with Crippen LogP contribution >= 0.6 is 0 Å². The SMILES string of the molecule is CC(C)NC(=NCC(=O)N(C)C)NC1CCC2(C1)OCCO2. The maximum Gasteiger partial charge on any atom is 0.243 e. The molecule has 1 saturated heterocycles. The Hall–Kier alpha value is -1.34. The topological polar surface area (TPSA) is 75.2 Å². The minimum atomic E-state index is -0.403. The van der Waals surface area contributed by atoms with E-state index in [0.717, 1.165) is 19.3 Å². The zero-order valence-electron chi connectivity index (χ0n) is 14.0. The molecule has 126 valence electrons. The highest BCUT2D eigenvalue weighted by Crippen LogP contribution is 2.37. The Morgan fingerprint density at radius 2 is 2.05 bits per heavy atom. The zero-order valence-corrected chi connectivity index (χ0v) is 14.0. The summed E-state index contributed by atoms with van der Waals surface area (Å²) in [6.07, 6.45) is 2.68. The van der Waals surface area contributed by atoms with E-state index in [0.29, 0.717) is 19.2 Å². The number of guanidine groups is 1. The molecule has 22 heavy (non-hydrogen) atoms. The van der Waals surface area contributed by atoms with Gasteiger partial charge in [-0.15, -0.1) is 0 Å². The van der Waals surface area contributed by atoms with Gasteiger partial charge in [0.15, 0.2) is 11.7 Å². The van der Waals surface area contributed by atoms with Crippen molar-refractivity contribution in [3.63, 3.8) is 0 Å². The maximum atomic E-state index is 11.7. The lowest BCUT2D eigenvalue weighted by atomic mass is 10.2. The van der Waals surface area contributed by atoms with Gasteiger partial charge in [0, 0.05) is 39.0 Å². The Morgan fingerprint density at radius 3 is 2.64 bits per heavy atom. The molecule has 1 unspecified atom stereocenters. The van der Waals surface area contributed by atoms with Crippen molar-refractivity contribution < 1.29 is 14.3 Å². The molecule has 2 rings (SSSR count). The summed E-state index contributed by atoms with van der Waals surface area (Å²) < 4.78 is 11.5. The van der Waals surface area contributed by atoms with Crippen LogP contribution < -0.4 is 10.6 Å². The number of hydrogen-bond acceptors (Lipinski definition) is 4. The predicted octanol–water partition coefficient (Wildman–Crippen LogP) is 0.314. The summed E-state index contributed by atoms with van der Waals surface area (Å²) in [5, 5.41) is 6.67. The first kappa shape index (κ1) is 17.0. The second-order valence-electron chi connectivity index (χ2n) is 6.44. The van der Waals surface area contributed by atoms with Crippen LogP contribution in [0.5, 0.6) is 0 Å². The Balaban J connectivity index is 1.92. The summed E-state index contributed by atoms with van der Waals surface area (Å²) in [5.74, 6) is 0.250. The number of likely N-dealkylation sites (N-methyl/N-ethyl adjacent to an activating group) is 1. The smallest absolute Gasteiger partial charge is 0.243 e. The molecule has 0 aromatic rings. The highest BCUT2D eigenvalue weighted by Gasteiger charge is 2.44. The van der Waals surface area contributed by atoms with Gasteiger partial charge in [0.2, 0.25) is 5.91 Å². The standard InChI is InChI=1S/C15H28N4O3/c1-11(2)17-14(16-10-13(20)19(3)4)18-12-5-6-15(9-12)21-7-8-22-15/h11-12H,5-10H2,1-4H3,(H2,16,17,18). The van der Waals surface area contributed by atoms with Crippen molar-refractivity contribution in [1.82, 2.24) is 15.5 Å². The first-order chi connectivity index (χ1) is 10.4. The molecule has 2 fully saturated rings. The lowest BCUT2D eigenvalue weighted by molar-refractivity contribution is -0.151. The van der Waals surface area contributed by atoms with E-state index in [-0.39, 0.29) is 24.5 Å². The molecule has 1 aliphatic carbocycles. The van der Waals surface area contributed by atoms with Gasteiger partial charge in [-0.1, -0.05) is 0 Å². The summed E-state index contributed by atoms with van der Waals surface area (Å²) in [6, 6.07) is 0.493. The summed E-state index contributed by atoms with van der Waals surface area (Å²) in [5.41, 5.74) is 0. The fraction of sp³-hybridized carbons (Fsp3) is 0.867. The molecular weight excluding hydrogens is 284 g/mol. The van der Waals surface area contributed by atoms with Crippen LogP contribution in [-0.4, -0.2) is 68.5 Å². The molecule has 0 bridgehead atoms. The van der Waals surface area contributed by atoms with Gasteiger partial charge in [-0.2, -0.15) is 0 Å². The van der Waals surface area contributed by atoms with Crippen LogP contribution in [0.1, 0.15) is 33.1 Å². The van der Waals surface area contributed by atoms with Crippen LogP contribution in [-0.2, 0) is 14.3 Å². The lowest BCUT2D eigenvalue weighted by Gasteiger charge is -2.23. The first-order valence-corrected chi connectivity index (χ1v) is 7.96. The van der Waals surface area contributed by atoms with Gasteiger partial charge in [0.25, 0.3) is 0 Å². The Kier molecular flexibility index (Phi) is 5.63. The highest BCUT2D eigenvalue weighted by atomic mass is 16.7. The number of amides is 1. The van der Waals surface area contributed by atoms with E-state index < -0.39 is 5.79 Å². The normalized spacial score (nSPS) is 24.0. The molecule has 7 nitrogen and oxygen atoms in total. The van der Waals surface area contributed by atoms with Crippen LogP contribution in [0.25, 0.3) is 0 Å². The minimum absolute atomic E-state index is 0.0183. The molecule has 0 radical (unpaired) electrons. The third-order valence-corrected chi connectivity index (χ3v) is 3.88. The average molecular weight is 312 g/mol. The van der Waals surface area contributed by atoms with Crippen LogP contribution in [0.2, 0.25) is 0 Å². The number of rotatable bonds is 4. The molecule has 2 aliphatic rings. The van der Waals surface area contributed by atoms with Crippen LogP contribution in [0.3, 0.4) is 0 Å². The highest BCUT2D eigenvalue weighted by molar-refractivity contribution is 5.85. The van der Waals surface area contributed by atoms with Crippen LogP contribution in [0, 0.1) is 0 Å². The van der Waals surface area contributed by atoms with E-state index in [1.54, 1.807) is 19.0 Å². The fourth-order valence-electron chi connectivity index (χ4n) is 2.74. The van der Waals surface area contributed by atoms with Crippen LogP contribution in [0.4, 0.5) is 0 Å². The number of hydrogen-bond donors (Lipinski definition) is 2. The number of nitrogens with zero attached hydrogens (tertiary/aromatic N) is 2. The number of carbonyl (C=O) groups is 1. The van der Waals surface area contributed by atoms with Gasteiger partial charge in [0.05, 0.1) is 13.2 Å². The summed E-state index contributed by atoms with van der Waals surface area (Å²) >= 11 is 0. The predicted molar refractivity (Wildman–Crippen MR) is 84.7 cm³/mol. The van der Waals surface area contributed by atoms with Crippen molar-refractivity contribution in [3.8, 4) is 0 Å². The number of aliphatic imine (C=N–C) groups is 1. The van der Waals surface area contributed by atoms with Crippen molar-refractivity contribution in [2.45, 2.75) is 51.0 Å². The van der Waals surface area contributed by atoms with Crippen molar-refractivity contribution in [3.05, 3.63) is 0 Å². The van der Waals surface area contributed by atoms with Gasteiger partial charge in [-0.3, -0.25) is 4.79 Å². The largest absolute Gasteiger partial charge is 0.354 e. The molecule has 1 saturated carbocycles. The van der Waals surface area contributed by atoms with Crippen molar-refractivity contribution in [2.75, 3.05) is 33.9 Å². The molecule has 0 aromatic carbocycles. The zero-order chi connectivity index (χ0) is 16.2. The third-order valence-electron chi connectivity index (χ3n) is 3.88. The van der Waals surface area contributed by atoms with E-state index in [4.69, 9.17) is 9.47 Å². The van der Waals surface area contributed by atoms with Crippen LogP contribution in [0.15, 0.2) is 4.99 Å². The molecule has 1 heterocycles. The molecule has 1 spiro atoms. The second-order valence-corrected chi connectivity index (χ2v) is 6.44. The van der Waals surface area contributed by atoms with Gasteiger partial charge < -0.3 is 25.0 Å². The van der Waals surface area contributed by atoms with Gasteiger partial charge >= 0.3 is 0 Å². The number of nitrogens with one attached hydrogen (secondary N) is 2. The quantitative estimate of drug-likeness (QED) is 0.577. The minimum Gasteiger partial charge on any atom is -0.354 e. The molecule has 0 aromatic heterocycles. The van der Waals surface area contributed by atoms with Gasteiger partial charge in [-0.05, 0) is 20.3 Å². The van der Waals surface area contributed by atoms with E-state index in [9.17, 15) is 4.79 Å². The first-order valence-electron chi connectivity index (χ1n) is 7.96. The Morgan fingerprint density at radius 1 is 1.36 bits per heavy atom. The van der Waals surface area contributed by atoms with Crippen molar-refractivity contribution in [1.29, 1.82) is 0 Å². The average Bonchev–Trinajstić information content (AvgIpc) is 3.05. The lowest BCUT2D eigenvalue weighted by Crippen LogP contribution is -2.46. The molecule has 1 atom stereocenters.